The third kappa shape index (κ3) is 6.86. The van der Waals surface area contributed by atoms with Gasteiger partial charge in [-0.2, -0.15) is 0 Å². The van der Waals surface area contributed by atoms with Crippen LogP contribution in [0.4, 0.5) is 0 Å². The fourth-order valence-electron chi connectivity index (χ4n) is 2.40. The molecule has 0 unspecified atom stereocenters. The highest BCUT2D eigenvalue weighted by molar-refractivity contribution is 5.72. The Bertz CT molecular complexity index is 590. The van der Waals surface area contributed by atoms with Gasteiger partial charge in [-0.05, 0) is 36.2 Å². The molecule has 2 aromatic carbocycles. The van der Waals surface area contributed by atoms with E-state index < -0.39 is 0 Å². The van der Waals surface area contributed by atoms with Gasteiger partial charge in [-0.25, -0.2) is 0 Å². The molecule has 0 bridgehead atoms. The van der Waals surface area contributed by atoms with Crippen LogP contribution in [0, 0.1) is 0 Å². The number of esters is 1. The highest BCUT2D eigenvalue weighted by atomic mass is 16.5. The van der Waals surface area contributed by atoms with E-state index >= 15 is 0 Å². The van der Waals surface area contributed by atoms with Crippen molar-refractivity contribution in [2.45, 2.75) is 52.1 Å². The third-order valence-corrected chi connectivity index (χ3v) is 3.79. The predicted octanol–water partition coefficient (Wildman–Crippen LogP) is 5.53. The Labute approximate surface area is 144 Å². The maximum Gasteiger partial charge on any atom is 0.311 e. The molecule has 0 saturated heterocycles. The maximum absolute atomic E-state index is 11.8. The van der Waals surface area contributed by atoms with Crippen molar-refractivity contribution in [1.82, 2.24) is 0 Å². The molecule has 0 saturated carbocycles. The number of benzene rings is 2. The summed E-state index contributed by atoms with van der Waals surface area (Å²) in [4.78, 5) is 11.8. The number of carbonyl (C=O) groups is 1. The molecule has 128 valence electrons. The SMILES string of the molecule is CCCCCCCC(=O)Oc1ccc(OCc2ccccc2)cc1. The van der Waals surface area contributed by atoms with Crippen molar-refractivity contribution < 1.29 is 14.3 Å². The zero-order valence-corrected chi connectivity index (χ0v) is 14.4. The summed E-state index contributed by atoms with van der Waals surface area (Å²) in [5.41, 5.74) is 1.12. The molecule has 0 aliphatic rings. The molecule has 0 radical (unpaired) electrons. The summed E-state index contributed by atoms with van der Waals surface area (Å²) in [7, 11) is 0. The molecule has 0 heterocycles. The van der Waals surface area contributed by atoms with Crippen LogP contribution < -0.4 is 9.47 Å². The highest BCUT2D eigenvalue weighted by Gasteiger charge is 2.05. The second-order valence-corrected chi connectivity index (χ2v) is 5.88. The van der Waals surface area contributed by atoms with Crippen LogP contribution in [0.5, 0.6) is 11.5 Å². The maximum atomic E-state index is 11.8. The second-order valence-electron chi connectivity index (χ2n) is 5.88. The number of rotatable bonds is 10. The van der Waals surface area contributed by atoms with Crippen molar-refractivity contribution >= 4 is 5.97 Å². The Morgan fingerprint density at radius 3 is 2.21 bits per heavy atom. The normalized spacial score (nSPS) is 10.4. The van der Waals surface area contributed by atoms with Gasteiger partial charge < -0.3 is 9.47 Å². The molecule has 2 aromatic rings. The molecule has 3 heteroatoms. The van der Waals surface area contributed by atoms with Crippen molar-refractivity contribution in [3.63, 3.8) is 0 Å². The van der Waals surface area contributed by atoms with E-state index in [-0.39, 0.29) is 5.97 Å². The minimum atomic E-state index is -0.163. The van der Waals surface area contributed by atoms with E-state index in [2.05, 4.69) is 6.92 Å². The lowest BCUT2D eigenvalue weighted by Crippen LogP contribution is -2.07. The number of carbonyl (C=O) groups excluding carboxylic acids is 1. The van der Waals surface area contributed by atoms with E-state index in [0.29, 0.717) is 18.8 Å². The van der Waals surface area contributed by atoms with Crippen LogP contribution in [0.1, 0.15) is 51.0 Å². The molecule has 0 spiro atoms. The Balaban J connectivity index is 1.70. The monoisotopic (exact) mass is 326 g/mol. The van der Waals surface area contributed by atoms with Gasteiger partial charge in [-0.3, -0.25) is 4.79 Å². The highest BCUT2D eigenvalue weighted by Crippen LogP contribution is 2.19. The number of hydrogen-bond donors (Lipinski definition) is 0. The summed E-state index contributed by atoms with van der Waals surface area (Å²) in [6.45, 7) is 2.71. The fourth-order valence-corrected chi connectivity index (χ4v) is 2.40. The van der Waals surface area contributed by atoms with Gasteiger partial charge in [0, 0.05) is 6.42 Å². The Morgan fingerprint density at radius 1 is 0.833 bits per heavy atom. The number of ether oxygens (including phenoxy) is 2. The molecule has 0 aliphatic heterocycles. The van der Waals surface area contributed by atoms with Gasteiger partial charge in [0.25, 0.3) is 0 Å². The van der Waals surface area contributed by atoms with Crippen molar-refractivity contribution in [3.05, 3.63) is 60.2 Å². The molecule has 0 atom stereocenters. The molecule has 0 aliphatic carbocycles. The average Bonchev–Trinajstić information content (AvgIpc) is 2.62. The van der Waals surface area contributed by atoms with Crippen molar-refractivity contribution in [2.75, 3.05) is 0 Å². The molecule has 0 fully saturated rings. The quantitative estimate of drug-likeness (QED) is 0.327. The number of hydrogen-bond acceptors (Lipinski definition) is 3. The van der Waals surface area contributed by atoms with Crippen LogP contribution in [0.25, 0.3) is 0 Å². The fraction of sp³-hybridized carbons (Fsp3) is 0.381. The summed E-state index contributed by atoms with van der Waals surface area (Å²) in [6, 6.07) is 17.2. The van der Waals surface area contributed by atoms with E-state index in [1.54, 1.807) is 12.1 Å². The largest absolute Gasteiger partial charge is 0.489 e. The first-order valence-electron chi connectivity index (χ1n) is 8.75. The first kappa shape index (κ1) is 18.1. The lowest BCUT2D eigenvalue weighted by molar-refractivity contribution is -0.134. The van der Waals surface area contributed by atoms with Crippen LogP contribution in [0.3, 0.4) is 0 Å². The topological polar surface area (TPSA) is 35.5 Å². The minimum Gasteiger partial charge on any atom is -0.489 e. The van der Waals surface area contributed by atoms with Crippen molar-refractivity contribution in [2.24, 2.45) is 0 Å². The van der Waals surface area contributed by atoms with Crippen LogP contribution in [0.2, 0.25) is 0 Å². The van der Waals surface area contributed by atoms with Crippen molar-refractivity contribution in [3.8, 4) is 11.5 Å². The summed E-state index contributed by atoms with van der Waals surface area (Å²) in [5, 5.41) is 0. The Hall–Kier alpha value is -2.29. The van der Waals surface area contributed by atoms with Crippen molar-refractivity contribution in [1.29, 1.82) is 0 Å². The van der Waals surface area contributed by atoms with E-state index in [1.807, 2.05) is 42.5 Å². The van der Waals surface area contributed by atoms with E-state index in [1.165, 1.54) is 19.3 Å². The molecule has 0 aromatic heterocycles. The predicted molar refractivity (Wildman–Crippen MR) is 96.2 cm³/mol. The molecular formula is C21H26O3. The second kappa shape index (κ2) is 10.5. The van der Waals surface area contributed by atoms with Gasteiger partial charge in [0.1, 0.15) is 18.1 Å². The Morgan fingerprint density at radius 2 is 1.50 bits per heavy atom. The molecule has 24 heavy (non-hydrogen) atoms. The minimum absolute atomic E-state index is 0.163. The van der Waals surface area contributed by atoms with Crippen LogP contribution in [-0.2, 0) is 11.4 Å². The smallest absolute Gasteiger partial charge is 0.311 e. The summed E-state index contributed by atoms with van der Waals surface area (Å²) in [6.07, 6.45) is 6.11. The van der Waals surface area contributed by atoms with E-state index in [4.69, 9.17) is 9.47 Å². The molecule has 0 N–H and O–H groups in total. The first-order chi connectivity index (χ1) is 11.8. The first-order valence-corrected chi connectivity index (χ1v) is 8.75. The van der Waals surface area contributed by atoms with Gasteiger partial charge >= 0.3 is 5.97 Å². The third-order valence-electron chi connectivity index (χ3n) is 3.79. The van der Waals surface area contributed by atoms with Gasteiger partial charge in [0.2, 0.25) is 0 Å². The molecule has 2 rings (SSSR count). The molecule has 0 amide bonds. The van der Waals surface area contributed by atoms with Gasteiger partial charge in [-0.15, -0.1) is 0 Å². The molecule has 3 nitrogen and oxygen atoms in total. The average molecular weight is 326 g/mol. The Kier molecular flexibility index (Phi) is 7.88. The lowest BCUT2D eigenvalue weighted by Gasteiger charge is -2.08. The van der Waals surface area contributed by atoms with Crippen LogP contribution in [0.15, 0.2) is 54.6 Å². The summed E-state index contributed by atoms with van der Waals surface area (Å²) in [5.74, 6) is 1.17. The van der Waals surface area contributed by atoms with E-state index in [9.17, 15) is 4.79 Å². The standard InChI is InChI=1S/C21H26O3/c1-2-3-4-5-9-12-21(22)24-20-15-13-19(14-16-20)23-17-18-10-7-6-8-11-18/h6-8,10-11,13-16H,2-5,9,12,17H2,1H3. The van der Waals surface area contributed by atoms with Gasteiger partial charge in [0.05, 0.1) is 0 Å². The van der Waals surface area contributed by atoms with E-state index in [0.717, 1.165) is 24.2 Å². The van der Waals surface area contributed by atoms with Crippen LogP contribution >= 0.6 is 0 Å². The zero-order chi connectivity index (χ0) is 17.0. The van der Waals surface area contributed by atoms with Gasteiger partial charge in [0.15, 0.2) is 0 Å². The number of unbranched alkanes of at least 4 members (excludes halogenated alkanes) is 4. The zero-order valence-electron chi connectivity index (χ0n) is 14.4. The summed E-state index contributed by atoms with van der Waals surface area (Å²) < 4.78 is 11.1. The molecular weight excluding hydrogens is 300 g/mol. The van der Waals surface area contributed by atoms with Crippen LogP contribution in [-0.4, -0.2) is 5.97 Å². The summed E-state index contributed by atoms with van der Waals surface area (Å²) >= 11 is 0. The lowest BCUT2D eigenvalue weighted by atomic mass is 10.1. The van der Waals surface area contributed by atoms with Gasteiger partial charge in [-0.1, -0.05) is 62.9 Å².